The lowest BCUT2D eigenvalue weighted by Crippen LogP contribution is -2.40. The van der Waals surface area contributed by atoms with Gasteiger partial charge in [-0.1, -0.05) is 6.07 Å². The molecule has 74 valence electrons. The third-order valence-electron chi connectivity index (χ3n) is 1.30. The van der Waals surface area contributed by atoms with E-state index in [4.69, 9.17) is 0 Å². The highest BCUT2D eigenvalue weighted by Crippen LogP contribution is 1.96. The van der Waals surface area contributed by atoms with E-state index in [9.17, 15) is 14.0 Å². The molecule has 2 N–H and O–H groups in total. The first-order valence-electron chi connectivity index (χ1n) is 3.79. The van der Waals surface area contributed by atoms with Crippen LogP contribution >= 0.6 is 0 Å². The van der Waals surface area contributed by atoms with Gasteiger partial charge in [0.05, 0.1) is 0 Å². The van der Waals surface area contributed by atoms with Gasteiger partial charge in [0.2, 0.25) is 11.9 Å². The minimum atomic E-state index is -0.750. The van der Waals surface area contributed by atoms with E-state index in [1.165, 1.54) is 19.1 Å². The van der Waals surface area contributed by atoms with Crippen molar-refractivity contribution in [2.45, 2.75) is 6.92 Å². The minimum absolute atomic E-state index is 0.0984. The number of nitrogens with one attached hydrogen (secondary N) is 2. The van der Waals surface area contributed by atoms with Gasteiger partial charge in [-0.2, -0.15) is 4.39 Å². The molecule has 0 aliphatic carbocycles. The summed E-state index contributed by atoms with van der Waals surface area (Å²) in [4.78, 5) is 24.9. The molecule has 0 spiro atoms. The van der Waals surface area contributed by atoms with E-state index in [1.807, 2.05) is 0 Å². The zero-order valence-corrected chi connectivity index (χ0v) is 7.37. The van der Waals surface area contributed by atoms with Crippen molar-refractivity contribution in [3.05, 3.63) is 29.8 Å². The molecule has 0 fully saturated rings. The molecule has 6 heteroatoms. The first-order chi connectivity index (χ1) is 6.59. The highest BCUT2D eigenvalue weighted by atomic mass is 19.1. The second kappa shape index (κ2) is 4.31. The fraction of sp³-hybridized carbons (Fsp3) is 0.125. The molecule has 2 amide bonds. The molecule has 1 rings (SSSR count). The smallest absolute Gasteiger partial charge is 0.274 e. The van der Waals surface area contributed by atoms with Crippen LogP contribution in [0.2, 0.25) is 0 Å². The van der Waals surface area contributed by atoms with E-state index in [2.05, 4.69) is 15.8 Å². The summed E-state index contributed by atoms with van der Waals surface area (Å²) in [6.45, 7) is 1.24. The lowest BCUT2D eigenvalue weighted by Gasteiger charge is -2.03. The van der Waals surface area contributed by atoms with Gasteiger partial charge in [0, 0.05) is 6.92 Å². The first kappa shape index (κ1) is 10.1. The minimum Gasteiger partial charge on any atom is -0.274 e. The van der Waals surface area contributed by atoms with Gasteiger partial charge >= 0.3 is 0 Å². The molecule has 0 aliphatic heterocycles. The monoisotopic (exact) mass is 197 g/mol. The van der Waals surface area contributed by atoms with Gasteiger partial charge in [0.25, 0.3) is 5.91 Å². The number of aromatic nitrogens is 1. The lowest BCUT2D eigenvalue weighted by atomic mass is 10.3. The zero-order chi connectivity index (χ0) is 10.6. The molecule has 0 saturated carbocycles. The molecular formula is C8H8FN3O2. The Balaban J connectivity index is 2.65. The largest absolute Gasteiger partial charge is 0.288 e. The number of halogens is 1. The number of rotatable bonds is 1. The van der Waals surface area contributed by atoms with Crippen molar-refractivity contribution in [1.82, 2.24) is 15.8 Å². The quantitative estimate of drug-likeness (QED) is 0.491. The zero-order valence-electron chi connectivity index (χ0n) is 7.37. The fourth-order valence-corrected chi connectivity index (χ4v) is 0.744. The Hall–Kier alpha value is -1.98. The maximum absolute atomic E-state index is 12.5. The third-order valence-corrected chi connectivity index (χ3v) is 1.30. The average molecular weight is 197 g/mol. The van der Waals surface area contributed by atoms with Gasteiger partial charge in [-0.05, 0) is 12.1 Å². The summed E-state index contributed by atoms with van der Waals surface area (Å²) in [5.41, 5.74) is 4.02. The molecule has 1 heterocycles. The number of carbonyl (C=O) groups is 2. The number of hydrazine groups is 1. The van der Waals surface area contributed by atoms with Crippen LogP contribution in [0.5, 0.6) is 0 Å². The summed E-state index contributed by atoms with van der Waals surface area (Å²) in [5, 5.41) is 0. The SMILES string of the molecule is CC(=O)NNC(=O)c1cccc(F)n1. The summed E-state index contributed by atoms with van der Waals surface area (Å²) in [7, 11) is 0. The second-order valence-electron chi connectivity index (χ2n) is 2.48. The van der Waals surface area contributed by atoms with Crippen LogP contribution in [0.25, 0.3) is 0 Å². The van der Waals surface area contributed by atoms with Gasteiger partial charge in [0.1, 0.15) is 5.69 Å². The highest BCUT2D eigenvalue weighted by Gasteiger charge is 2.07. The predicted molar refractivity (Wildman–Crippen MR) is 45.5 cm³/mol. The molecule has 5 nitrogen and oxygen atoms in total. The summed E-state index contributed by atoms with van der Waals surface area (Å²) in [5.74, 6) is -1.84. The Kier molecular flexibility index (Phi) is 3.11. The summed E-state index contributed by atoms with van der Waals surface area (Å²) in [6.07, 6.45) is 0. The summed E-state index contributed by atoms with van der Waals surface area (Å²) in [6, 6.07) is 3.81. The van der Waals surface area contributed by atoms with Crippen LogP contribution in [0.4, 0.5) is 4.39 Å². The van der Waals surface area contributed by atoms with Crippen LogP contribution < -0.4 is 10.9 Å². The summed E-state index contributed by atoms with van der Waals surface area (Å²) < 4.78 is 12.5. The van der Waals surface area contributed by atoms with Crippen molar-refractivity contribution in [1.29, 1.82) is 0 Å². The van der Waals surface area contributed by atoms with Crippen molar-refractivity contribution >= 4 is 11.8 Å². The van der Waals surface area contributed by atoms with Crippen LogP contribution in [-0.2, 0) is 4.79 Å². The molecular weight excluding hydrogens is 189 g/mol. The fourth-order valence-electron chi connectivity index (χ4n) is 0.744. The van der Waals surface area contributed by atoms with Gasteiger partial charge in [-0.3, -0.25) is 20.4 Å². The predicted octanol–water partition coefficient (Wildman–Crippen LogP) is 0.00160. The maximum atomic E-state index is 12.5. The topological polar surface area (TPSA) is 71.1 Å². The molecule has 0 aromatic carbocycles. The number of carbonyl (C=O) groups excluding carboxylic acids is 2. The molecule has 0 aliphatic rings. The Morgan fingerprint density at radius 1 is 1.36 bits per heavy atom. The van der Waals surface area contributed by atoms with Gasteiger partial charge in [-0.15, -0.1) is 0 Å². The van der Waals surface area contributed by atoms with Crippen molar-refractivity contribution in [3.8, 4) is 0 Å². The number of hydrogen-bond acceptors (Lipinski definition) is 3. The van der Waals surface area contributed by atoms with E-state index in [0.29, 0.717) is 0 Å². The standard InChI is InChI=1S/C8H8FN3O2/c1-5(13)11-12-8(14)6-3-2-4-7(9)10-6/h2-4H,1H3,(H,11,13)(H,12,14). The van der Waals surface area contributed by atoms with Crippen molar-refractivity contribution < 1.29 is 14.0 Å². The van der Waals surface area contributed by atoms with Crippen LogP contribution in [0.1, 0.15) is 17.4 Å². The Bertz CT molecular complexity index is 367. The lowest BCUT2D eigenvalue weighted by molar-refractivity contribution is -0.119. The molecule has 0 radical (unpaired) electrons. The molecule has 0 unspecified atom stereocenters. The first-order valence-corrected chi connectivity index (χ1v) is 3.79. The highest BCUT2D eigenvalue weighted by molar-refractivity contribution is 5.93. The number of nitrogens with zero attached hydrogens (tertiary/aromatic N) is 1. The number of hydrogen-bond donors (Lipinski definition) is 2. The average Bonchev–Trinajstić information content (AvgIpc) is 2.14. The van der Waals surface area contributed by atoms with Crippen LogP contribution in [0.15, 0.2) is 18.2 Å². The van der Waals surface area contributed by atoms with Crippen LogP contribution in [-0.4, -0.2) is 16.8 Å². The van der Waals surface area contributed by atoms with Crippen molar-refractivity contribution in [3.63, 3.8) is 0 Å². The summed E-state index contributed by atoms with van der Waals surface area (Å²) >= 11 is 0. The molecule has 1 aromatic heterocycles. The Morgan fingerprint density at radius 2 is 2.07 bits per heavy atom. The number of pyridine rings is 1. The number of amides is 2. The van der Waals surface area contributed by atoms with Crippen molar-refractivity contribution in [2.75, 3.05) is 0 Å². The van der Waals surface area contributed by atoms with Crippen LogP contribution in [0.3, 0.4) is 0 Å². The second-order valence-corrected chi connectivity index (χ2v) is 2.48. The van der Waals surface area contributed by atoms with Gasteiger partial charge in [0.15, 0.2) is 0 Å². The molecule has 14 heavy (non-hydrogen) atoms. The molecule has 1 aromatic rings. The Morgan fingerprint density at radius 3 is 2.64 bits per heavy atom. The van der Waals surface area contributed by atoms with E-state index < -0.39 is 17.8 Å². The van der Waals surface area contributed by atoms with Crippen LogP contribution in [0, 0.1) is 5.95 Å². The van der Waals surface area contributed by atoms with E-state index in [1.54, 1.807) is 0 Å². The molecule has 0 bridgehead atoms. The normalized spacial score (nSPS) is 9.29. The molecule has 0 saturated heterocycles. The van der Waals surface area contributed by atoms with Crippen molar-refractivity contribution in [2.24, 2.45) is 0 Å². The molecule has 0 atom stereocenters. The van der Waals surface area contributed by atoms with Gasteiger partial charge < -0.3 is 0 Å². The van der Waals surface area contributed by atoms with E-state index in [-0.39, 0.29) is 5.69 Å². The third kappa shape index (κ3) is 2.81. The van der Waals surface area contributed by atoms with E-state index in [0.717, 1.165) is 6.07 Å². The Labute approximate surface area is 79.3 Å². The van der Waals surface area contributed by atoms with Gasteiger partial charge in [-0.25, -0.2) is 4.98 Å². The maximum Gasteiger partial charge on any atom is 0.288 e. The van der Waals surface area contributed by atoms with E-state index >= 15 is 0 Å².